The minimum atomic E-state index is -0.104. The highest BCUT2D eigenvalue weighted by molar-refractivity contribution is 6.36. The molecule has 108 valence electrons. The number of para-hydroxylation sites is 1. The summed E-state index contributed by atoms with van der Waals surface area (Å²) in [5, 5.41) is 15.0. The van der Waals surface area contributed by atoms with Crippen LogP contribution in [0.15, 0.2) is 24.3 Å². The highest BCUT2D eigenvalue weighted by Gasteiger charge is 2.19. The third-order valence-electron chi connectivity index (χ3n) is 4.20. The monoisotopic (exact) mass is 292 g/mol. The van der Waals surface area contributed by atoms with Crippen LogP contribution in [0.1, 0.15) is 31.4 Å². The van der Waals surface area contributed by atoms with E-state index >= 15 is 0 Å². The number of halogens is 1. The summed E-state index contributed by atoms with van der Waals surface area (Å²) >= 11 is 6.39. The minimum Gasteiger partial charge on any atom is -0.393 e. The molecule has 2 unspecified atom stereocenters. The van der Waals surface area contributed by atoms with Crippen molar-refractivity contribution in [3.63, 3.8) is 0 Å². The number of aromatic amines is 1. The number of fused-ring (bicyclic) bond motifs is 1. The first-order valence-electron chi connectivity index (χ1n) is 7.38. The third kappa shape index (κ3) is 3.00. The Morgan fingerprint density at radius 3 is 2.95 bits per heavy atom. The van der Waals surface area contributed by atoms with Gasteiger partial charge >= 0.3 is 0 Å². The van der Waals surface area contributed by atoms with Crippen molar-refractivity contribution in [1.82, 2.24) is 10.3 Å². The summed E-state index contributed by atoms with van der Waals surface area (Å²) in [7, 11) is 0. The van der Waals surface area contributed by atoms with Crippen LogP contribution in [0.2, 0.25) is 5.02 Å². The molecule has 0 radical (unpaired) electrons. The predicted molar refractivity (Wildman–Crippen MR) is 83.0 cm³/mol. The van der Waals surface area contributed by atoms with Gasteiger partial charge in [-0.2, -0.15) is 0 Å². The molecule has 0 amide bonds. The van der Waals surface area contributed by atoms with Gasteiger partial charge in [-0.05, 0) is 37.8 Å². The SMILES string of the molecule is OC1CCCC(CNCc2[nH]c3ccccc3c2Cl)C1. The number of aliphatic hydroxyl groups is 1. The Morgan fingerprint density at radius 1 is 1.30 bits per heavy atom. The highest BCUT2D eigenvalue weighted by atomic mass is 35.5. The summed E-state index contributed by atoms with van der Waals surface area (Å²) < 4.78 is 0. The van der Waals surface area contributed by atoms with Gasteiger partial charge in [-0.25, -0.2) is 0 Å². The number of aliphatic hydroxyl groups excluding tert-OH is 1. The molecule has 20 heavy (non-hydrogen) atoms. The lowest BCUT2D eigenvalue weighted by molar-refractivity contribution is 0.101. The second kappa shape index (κ2) is 6.17. The van der Waals surface area contributed by atoms with Crippen molar-refractivity contribution >= 4 is 22.5 Å². The molecule has 1 fully saturated rings. The largest absolute Gasteiger partial charge is 0.393 e. The number of H-pyrrole nitrogens is 1. The van der Waals surface area contributed by atoms with E-state index in [-0.39, 0.29) is 6.10 Å². The molecule has 3 rings (SSSR count). The van der Waals surface area contributed by atoms with Crippen LogP contribution in [0.4, 0.5) is 0 Å². The number of benzene rings is 1. The standard InChI is InChI=1S/C16H21ClN2O/c17-16-13-6-1-2-7-14(13)19-15(16)10-18-9-11-4-3-5-12(20)8-11/h1-2,6-7,11-12,18-20H,3-5,8-10H2. The summed E-state index contributed by atoms with van der Waals surface area (Å²) in [5.74, 6) is 0.585. The molecule has 2 atom stereocenters. The van der Waals surface area contributed by atoms with Crippen LogP contribution in [-0.2, 0) is 6.54 Å². The molecule has 1 heterocycles. The first-order valence-corrected chi connectivity index (χ1v) is 7.75. The zero-order chi connectivity index (χ0) is 13.9. The molecule has 0 saturated heterocycles. The fourth-order valence-electron chi connectivity index (χ4n) is 3.13. The molecule has 1 saturated carbocycles. The third-order valence-corrected chi connectivity index (χ3v) is 4.64. The van der Waals surface area contributed by atoms with Gasteiger partial charge in [-0.15, -0.1) is 0 Å². The summed E-state index contributed by atoms with van der Waals surface area (Å²) in [6.45, 7) is 1.70. The van der Waals surface area contributed by atoms with Crippen LogP contribution in [0, 0.1) is 5.92 Å². The number of hydrogen-bond acceptors (Lipinski definition) is 2. The second-order valence-corrected chi connectivity index (χ2v) is 6.16. The van der Waals surface area contributed by atoms with E-state index in [1.165, 1.54) is 6.42 Å². The van der Waals surface area contributed by atoms with E-state index in [4.69, 9.17) is 11.6 Å². The van der Waals surface area contributed by atoms with Crippen molar-refractivity contribution in [2.45, 2.75) is 38.3 Å². The molecule has 1 aliphatic carbocycles. The topological polar surface area (TPSA) is 48.0 Å². The van der Waals surface area contributed by atoms with Gasteiger partial charge in [-0.1, -0.05) is 36.2 Å². The van der Waals surface area contributed by atoms with Gasteiger partial charge in [0.15, 0.2) is 0 Å². The van der Waals surface area contributed by atoms with Crippen LogP contribution >= 0.6 is 11.6 Å². The fourth-order valence-corrected chi connectivity index (χ4v) is 3.41. The molecule has 1 aromatic heterocycles. The van der Waals surface area contributed by atoms with Crippen LogP contribution in [-0.4, -0.2) is 22.7 Å². The summed E-state index contributed by atoms with van der Waals surface area (Å²) in [5.41, 5.74) is 2.13. The molecule has 0 spiro atoms. The van der Waals surface area contributed by atoms with Crippen molar-refractivity contribution in [2.75, 3.05) is 6.54 Å². The average molecular weight is 293 g/mol. The van der Waals surface area contributed by atoms with E-state index < -0.39 is 0 Å². The van der Waals surface area contributed by atoms with Crippen LogP contribution in [0.3, 0.4) is 0 Å². The van der Waals surface area contributed by atoms with E-state index in [0.29, 0.717) is 5.92 Å². The molecule has 2 aromatic rings. The zero-order valence-corrected chi connectivity index (χ0v) is 12.3. The summed E-state index contributed by atoms with van der Waals surface area (Å²) in [6, 6.07) is 8.09. The quantitative estimate of drug-likeness (QED) is 0.808. The first kappa shape index (κ1) is 13.9. The van der Waals surface area contributed by atoms with Gasteiger partial charge < -0.3 is 15.4 Å². The minimum absolute atomic E-state index is 0.104. The van der Waals surface area contributed by atoms with E-state index in [2.05, 4.69) is 10.3 Å². The Balaban J connectivity index is 1.58. The van der Waals surface area contributed by atoms with Crippen molar-refractivity contribution in [3.05, 3.63) is 35.0 Å². The molecule has 1 aromatic carbocycles. The van der Waals surface area contributed by atoms with Gasteiger partial charge in [0.2, 0.25) is 0 Å². The second-order valence-electron chi connectivity index (χ2n) is 5.78. The van der Waals surface area contributed by atoms with Gasteiger partial charge in [0, 0.05) is 23.1 Å². The van der Waals surface area contributed by atoms with Gasteiger partial charge in [0.1, 0.15) is 0 Å². The molecule has 0 aliphatic heterocycles. The van der Waals surface area contributed by atoms with E-state index in [9.17, 15) is 5.11 Å². The van der Waals surface area contributed by atoms with Crippen LogP contribution in [0.5, 0.6) is 0 Å². The van der Waals surface area contributed by atoms with E-state index in [1.807, 2.05) is 24.3 Å². The van der Waals surface area contributed by atoms with Crippen molar-refractivity contribution < 1.29 is 5.11 Å². The summed E-state index contributed by atoms with van der Waals surface area (Å²) in [4.78, 5) is 3.37. The predicted octanol–water partition coefficient (Wildman–Crippen LogP) is 3.46. The number of rotatable bonds is 4. The molecular weight excluding hydrogens is 272 g/mol. The Bertz CT molecular complexity index is 581. The zero-order valence-electron chi connectivity index (χ0n) is 11.5. The smallest absolute Gasteiger partial charge is 0.0705 e. The van der Waals surface area contributed by atoms with Gasteiger partial charge in [0.05, 0.1) is 11.1 Å². The Hall–Kier alpha value is -1.03. The maximum atomic E-state index is 9.68. The molecule has 3 nitrogen and oxygen atoms in total. The maximum Gasteiger partial charge on any atom is 0.0705 e. The van der Waals surface area contributed by atoms with Crippen molar-refractivity contribution in [2.24, 2.45) is 5.92 Å². The van der Waals surface area contributed by atoms with Gasteiger partial charge in [-0.3, -0.25) is 0 Å². The van der Waals surface area contributed by atoms with E-state index in [0.717, 1.165) is 54.0 Å². The highest BCUT2D eigenvalue weighted by Crippen LogP contribution is 2.27. The lowest BCUT2D eigenvalue weighted by Crippen LogP contribution is -2.29. The van der Waals surface area contributed by atoms with Gasteiger partial charge in [0.25, 0.3) is 0 Å². The van der Waals surface area contributed by atoms with Crippen LogP contribution < -0.4 is 5.32 Å². The van der Waals surface area contributed by atoms with Crippen LogP contribution in [0.25, 0.3) is 10.9 Å². The molecule has 1 aliphatic rings. The number of nitrogens with one attached hydrogen (secondary N) is 2. The number of aromatic nitrogens is 1. The Kier molecular flexibility index (Phi) is 4.29. The van der Waals surface area contributed by atoms with E-state index in [1.54, 1.807) is 0 Å². The lowest BCUT2D eigenvalue weighted by atomic mass is 9.87. The molecule has 4 heteroatoms. The normalized spacial score (nSPS) is 23.3. The summed E-state index contributed by atoms with van der Waals surface area (Å²) in [6.07, 6.45) is 4.13. The van der Waals surface area contributed by atoms with Crippen molar-refractivity contribution in [3.8, 4) is 0 Å². The van der Waals surface area contributed by atoms with Crippen molar-refractivity contribution in [1.29, 1.82) is 0 Å². The molecule has 3 N–H and O–H groups in total. The number of hydrogen-bond donors (Lipinski definition) is 3. The average Bonchev–Trinajstić information content (AvgIpc) is 2.76. The fraction of sp³-hybridized carbons (Fsp3) is 0.500. The Morgan fingerprint density at radius 2 is 2.15 bits per heavy atom. The Labute approximate surface area is 124 Å². The molecular formula is C16H21ClN2O. The molecule has 0 bridgehead atoms. The lowest BCUT2D eigenvalue weighted by Gasteiger charge is -2.25. The first-order chi connectivity index (χ1) is 9.74. The maximum absolute atomic E-state index is 9.68.